The van der Waals surface area contributed by atoms with Crippen LogP contribution in [0, 0.1) is 0 Å². The number of imidazole rings is 1. The Morgan fingerprint density at radius 1 is 1.02 bits per heavy atom. The van der Waals surface area contributed by atoms with Crippen molar-refractivity contribution in [1.82, 2.24) is 24.5 Å². The van der Waals surface area contributed by atoms with Crippen LogP contribution in [0.3, 0.4) is 0 Å². The van der Waals surface area contributed by atoms with E-state index in [0.717, 1.165) is 42.4 Å². The van der Waals surface area contributed by atoms with Crippen LogP contribution in [0.4, 0.5) is 11.5 Å². The highest BCUT2D eigenvalue weighted by Crippen LogP contribution is 2.32. The van der Waals surface area contributed by atoms with Gasteiger partial charge in [0.25, 0.3) is 0 Å². The Labute approximate surface area is 241 Å². The van der Waals surface area contributed by atoms with Crippen molar-refractivity contribution in [1.29, 1.82) is 0 Å². The van der Waals surface area contributed by atoms with Crippen LogP contribution in [-0.2, 0) is 15.8 Å². The van der Waals surface area contributed by atoms with Gasteiger partial charge in [-0.25, -0.2) is 15.0 Å². The summed E-state index contributed by atoms with van der Waals surface area (Å²) in [5, 5.41) is 5.35. The van der Waals surface area contributed by atoms with Gasteiger partial charge in [-0.1, -0.05) is 50.1 Å². The number of nitrogen functional groups attached to an aromatic ring is 1. The van der Waals surface area contributed by atoms with Crippen LogP contribution < -0.4 is 11.1 Å². The second kappa shape index (κ2) is 16.0. The molecule has 0 spiro atoms. The molecule has 0 radical (unpaired) electrons. The number of unbranched alkanes of at least 4 members (excludes halogenated alkanes) is 7. The molecule has 12 heteroatoms. The molecule has 0 fully saturated rings. The van der Waals surface area contributed by atoms with Crippen LogP contribution in [-0.4, -0.2) is 55.0 Å². The van der Waals surface area contributed by atoms with Gasteiger partial charge in [0, 0.05) is 28.8 Å². The molecule has 4 aromatic rings. The predicted octanol–water partition coefficient (Wildman–Crippen LogP) is 6.53. The summed E-state index contributed by atoms with van der Waals surface area (Å²) in [5.41, 5.74) is 9.11. The molecule has 4 rings (SSSR count). The molecule has 0 aliphatic carbocycles. The lowest BCUT2D eigenvalue weighted by molar-refractivity contribution is 0.0789. The van der Waals surface area contributed by atoms with Gasteiger partial charge >= 0.3 is 0 Å². The maximum absolute atomic E-state index is 10.2. The third-order valence-corrected chi connectivity index (χ3v) is 7.77. The fourth-order valence-corrected chi connectivity index (χ4v) is 5.51. The lowest BCUT2D eigenvalue weighted by atomic mass is 10.1. The lowest BCUT2D eigenvalue weighted by Gasteiger charge is -2.16. The van der Waals surface area contributed by atoms with Crippen LogP contribution in [0.15, 0.2) is 43.1 Å². The quantitative estimate of drug-likeness (QED) is 0.0877. The summed E-state index contributed by atoms with van der Waals surface area (Å²) in [4.78, 5) is 27.0. The summed E-state index contributed by atoms with van der Waals surface area (Å²) >= 11 is 6.07. The van der Waals surface area contributed by atoms with Crippen molar-refractivity contribution in [3.05, 3.63) is 48.1 Å². The van der Waals surface area contributed by atoms with E-state index in [1.165, 1.54) is 38.4 Å². The van der Waals surface area contributed by atoms with Crippen molar-refractivity contribution < 1.29 is 14.2 Å². The first-order valence-corrected chi connectivity index (χ1v) is 15.7. The van der Waals surface area contributed by atoms with Gasteiger partial charge in [0.2, 0.25) is 0 Å². The van der Waals surface area contributed by atoms with Gasteiger partial charge in [-0.2, -0.15) is 0 Å². The Kier molecular flexibility index (Phi) is 12.1. The molecular formula is C28H39ClN7O3P. The fourth-order valence-electron chi connectivity index (χ4n) is 4.55. The maximum Gasteiger partial charge on any atom is 0.195 e. The van der Waals surface area contributed by atoms with Crippen molar-refractivity contribution in [2.24, 2.45) is 0 Å². The van der Waals surface area contributed by atoms with Crippen LogP contribution >= 0.6 is 20.0 Å². The molecule has 2 atom stereocenters. The molecule has 3 aromatic heterocycles. The average molecular weight is 588 g/mol. The number of nitrogens with zero attached hydrogens (tertiary/aromatic N) is 5. The number of fused-ring (bicyclic) bond motifs is 2. The van der Waals surface area contributed by atoms with Gasteiger partial charge in [-0.05, 0) is 44.0 Å². The minimum atomic E-state index is -1.59. The summed E-state index contributed by atoms with van der Waals surface area (Å²) in [6.07, 6.45) is 14.3. The normalized spacial score (nSPS) is 13.2. The first-order chi connectivity index (χ1) is 19.5. The number of halogens is 1. The number of benzene rings is 1. The number of nitrogens with one attached hydrogen (secondary N) is 1. The molecule has 216 valence electrons. The van der Waals surface area contributed by atoms with Gasteiger partial charge in [0.05, 0.1) is 31.1 Å². The molecule has 0 amide bonds. The SMILES string of the molecule is CC(Cn1cnc2c(N)ncnc21)OCP(O)OCCCCCCCCCCNc1ccnc2cc(Cl)ccc12. The molecule has 0 bridgehead atoms. The molecule has 0 saturated heterocycles. The monoisotopic (exact) mass is 587 g/mol. The number of anilines is 2. The van der Waals surface area contributed by atoms with Gasteiger partial charge in [-0.15, -0.1) is 0 Å². The Balaban J connectivity index is 0.967. The number of nitrogens with two attached hydrogens (primary N) is 1. The third kappa shape index (κ3) is 9.21. The second-order valence-electron chi connectivity index (χ2n) is 9.90. The first kappa shape index (κ1) is 30.3. The standard InChI is InChI=1S/C28H39ClN7O3P/c1-21(17-36-19-35-26-27(30)33-18-34-28(26)36)38-20-40(37)39-15-9-7-5-3-2-4-6-8-13-31-24-12-14-32-25-16-22(29)10-11-23(24)25/h10-12,14,16,18-19,21,37H,2-9,13,15,17,20H2,1H3,(H,31,32)(H2,30,33,34). The largest absolute Gasteiger partial charge is 0.384 e. The lowest BCUT2D eigenvalue weighted by Crippen LogP contribution is -2.17. The summed E-state index contributed by atoms with van der Waals surface area (Å²) in [6.45, 7) is 4.00. The third-order valence-electron chi connectivity index (χ3n) is 6.68. The van der Waals surface area contributed by atoms with E-state index in [2.05, 4.69) is 25.3 Å². The highest BCUT2D eigenvalue weighted by atomic mass is 35.5. The summed E-state index contributed by atoms with van der Waals surface area (Å²) in [5.74, 6) is 0.357. The highest BCUT2D eigenvalue weighted by Gasteiger charge is 2.13. The number of ether oxygens (including phenoxy) is 1. The zero-order valence-corrected chi connectivity index (χ0v) is 24.7. The Morgan fingerprint density at radius 2 is 1.80 bits per heavy atom. The minimum Gasteiger partial charge on any atom is -0.384 e. The molecule has 1 aromatic carbocycles. The van der Waals surface area contributed by atoms with E-state index in [9.17, 15) is 4.89 Å². The van der Waals surface area contributed by atoms with Crippen molar-refractivity contribution in [2.45, 2.75) is 70.9 Å². The van der Waals surface area contributed by atoms with Gasteiger partial charge < -0.3 is 29.8 Å². The molecule has 4 N–H and O–H groups in total. The van der Waals surface area contributed by atoms with E-state index in [-0.39, 0.29) is 12.5 Å². The van der Waals surface area contributed by atoms with Crippen molar-refractivity contribution in [3.63, 3.8) is 0 Å². The Bertz CT molecular complexity index is 1340. The molecule has 10 nitrogen and oxygen atoms in total. The minimum absolute atomic E-state index is 0.139. The fraction of sp³-hybridized carbons (Fsp3) is 0.500. The van der Waals surface area contributed by atoms with E-state index in [4.69, 9.17) is 26.6 Å². The van der Waals surface area contributed by atoms with Crippen molar-refractivity contribution >= 4 is 53.5 Å². The highest BCUT2D eigenvalue weighted by molar-refractivity contribution is 7.45. The Morgan fingerprint density at radius 3 is 2.62 bits per heavy atom. The topological polar surface area (TPSA) is 133 Å². The number of aromatic nitrogens is 5. The van der Waals surface area contributed by atoms with E-state index >= 15 is 0 Å². The van der Waals surface area contributed by atoms with Crippen LogP contribution in [0.1, 0.15) is 58.3 Å². The van der Waals surface area contributed by atoms with Gasteiger partial charge in [-0.3, -0.25) is 4.98 Å². The van der Waals surface area contributed by atoms with Crippen LogP contribution in [0.2, 0.25) is 5.02 Å². The predicted molar refractivity (Wildman–Crippen MR) is 162 cm³/mol. The van der Waals surface area contributed by atoms with E-state index in [0.29, 0.717) is 35.2 Å². The number of rotatable bonds is 18. The van der Waals surface area contributed by atoms with Crippen LogP contribution in [0.5, 0.6) is 0 Å². The molecule has 2 unspecified atom stereocenters. The average Bonchev–Trinajstić information content (AvgIpc) is 3.36. The number of pyridine rings is 1. The second-order valence-corrected chi connectivity index (χ2v) is 11.6. The molecular weight excluding hydrogens is 549 g/mol. The molecule has 40 heavy (non-hydrogen) atoms. The smallest absolute Gasteiger partial charge is 0.195 e. The summed E-state index contributed by atoms with van der Waals surface area (Å²) < 4.78 is 13.2. The maximum atomic E-state index is 10.2. The molecule has 0 aliphatic heterocycles. The van der Waals surface area contributed by atoms with E-state index < -0.39 is 8.38 Å². The zero-order chi connectivity index (χ0) is 28.2. The zero-order valence-electron chi connectivity index (χ0n) is 23.0. The molecule has 0 aliphatic rings. The van der Waals surface area contributed by atoms with Crippen molar-refractivity contribution in [3.8, 4) is 0 Å². The molecule has 0 saturated carbocycles. The van der Waals surface area contributed by atoms with Gasteiger partial charge in [0.1, 0.15) is 18.2 Å². The van der Waals surface area contributed by atoms with E-state index in [1.54, 1.807) is 6.33 Å². The number of hydrogen-bond acceptors (Lipinski definition) is 9. The summed E-state index contributed by atoms with van der Waals surface area (Å²) in [6, 6.07) is 7.84. The van der Waals surface area contributed by atoms with E-state index in [1.807, 2.05) is 42.0 Å². The van der Waals surface area contributed by atoms with Crippen molar-refractivity contribution in [2.75, 3.05) is 30.6 Å². The summed E-state index contributed by atoms with van der Waals surface area (Å²) in [7, 11) is -1.59. The molecule has 3 heterocycles. The van der Waals surface area contributed by atoms with Crippen LogP contribution in [0.25, 0.3) is 22.1 Å². The number of hydrogen-bond donors (Lipinski definition) is 3. The Hall–Kier alpha value is -2.62. The first-order valence-electron chi connectivity index (χ1n) is 13.9. The van der Waals surface area contributed by atoms with Gasteiger partial charge in [0.15, 0.2) is 19.8 Å².